The van der Waals surface area contributed by atoms with E-state index in [-0.39, 0.29) is 11.8 Å². The van der Waals surface area contributed by atoms with Crippen molar-refractivity contribution >= 4 is 17.5 Å². The van der Waals surface area contributed by atoms with E-state index >= 15 is 0 Å². The number of para-hydroxylation sites is 1. The molecule has 0 aromatic heterocycles. The summed E-state index contributed by atoms with van der Waals surface area (Å²) in [7, 11) is 0. The third-order valence-electron chi connectivity index (χ3n) is 5.56. The Balaban J connectivity index is 2.45. The predicted octanol–water partition coefficient (Wildman–Crippen LogP) is 8.84. The molecule has 2 aromatic carbocycles. The number of anilines is 1. The fourth-order valence-electron chi connectivity index (χ4n) is 3.68. The van der Waals surface area contributed by atoms with Gasteiger partial charge < -0.3 is 4.90 Å². The first-order chi connectivity index (χ1) is 19.4. The maximum absolute atomic E-state index is 13.9. The Kier molecular flexibility index (Phi) is 14.0. The van der Waals surface area contributed by atoms with Crippen LogP contribution < -0.4 is 4.90 Å². The molecule has 0 heterocycles. The standard InChI is InChI=1S/C36H40N2O2/c1-6-9-10-11-17-27-37(28-18-13-14-22-30(4)5)35(39)31-23-19-24-32(29-31)36(40)38(33(20-7-2)21-8-3)34-25-15-12-16-26-34/h6-27,29-30H,2,28H2,1,3-5H3/b9-6-,11-10-,18-13-,21-8-,22-14-,27-17+,33-20+. The van der Waals surface area contributed by atoms with Crippen molar-refractivity contribution in [3.05, 3.63) is 163 Å². The van der Waals surface area contributed by atoms with E-state index in [9.17, 15) is 9.59 Å². The normalized spacial score (nSPS) is 12.7. The van der Waals surface area contributed by atoms with Crippen LogP contribution in [0.1, 0.15) is 48.4 Å². The second kappa shape index (κ2) is 17.7. The smallest absolute Gasteiger partial charge is 0.262 e. The van der Waals surface area contributed by atoms with Gasteiger partial charge in [0.2, 0.25) is 0 Å². The molecule has 40 heavy (non-hydrogen) atoms. The molecule has 2 rings (SSSR count). The highest BCUT2D eigenvalue weighted by atomic mass is 16.2. The average molecular weight is 533 g/mol. The van der Waals surface area contributed by atoms with Gasteiger partial charge in [-0.3, -0.25) is 14.5 Å². The van der Waals surface area contributed by atoms with E-state index < -0.39 is 0 Å². The molecular formula is C36H40N2O2. The molecule has 0 unspecified atom stereocenters. The first-order valence-electron chi connectivity index (χ1n) is 13.5. The van der Waals surface area contributed by atoms with Crippen LogP contribution in [0.15, 0.2) is 152 Å². The van der Waals surface area contributed by atoms with Crippen molar-refractivity contribution in [2.75, 3.05) is 11.4 Å². The fourth-order valence-corrected chi connectivity index (χ4v) is 3.68. The van der Waals surface area contributed by atoms with Crippen molar-refractivity contribution in [2.45, 2.75) is 27.7 Å². The zero-order valence-electron chi connectivity index (χ0n) is 24.0. The Morgan fingerprint density at radius 3 is 2.17 bits per heavy atom. The molecule has 0 saturated carbocycles. The molecule has 206 valence electrons. The van der Waals surface area contributed by atoms with Crippen LogP contribution in [-0.2, 0) is 0 Å². The first kappa shape index (κ1) is 31.5. The molecule has 0 fully saturated rings. The van der Waals surface area contributed by atoms with Crippen molar-refractivity contribution in [3.8, 4) is 0 Å². The van der Waals surface area contributed by atoms with E-state index in [0.29, 0.717) is 35.0 Å². The van der Waals surface area contributed by atoms with E-state index in [4.69, 9.17) is 0 Å². The Morgan fingerprint density at radius 1 is 0.825 bits per heavy atom. The molecule has 4 nitrogen and oxygen atoms in total. The summed E-state index contributed by atoms with van der Waals surface area (Å²) >= 11 is 0. The second-order valence-electron chi connectivity index (χ2n) is 9.15. The minimum Gasteiger partial charge on any atom is -0.311 e. The fraction of sp³-hybridized carbons (Fsp3) is 0.167. The summed E-state index contributed by atoms with van der Waals surface area (Å²) < 4.78 is 0. The molecule has 0 N–H and O–H groups in total. The van der Waals surface area contributed by atoms with E-state index in [1.54, 1.807) is 52.4 Å². The zero-order chi connectivity index (χ0) is 29.2. The summed E-state index contributed by atoms with van der Waals surface area (Å²) in [6, 6.07) is 16.3. The van der Waals surface area contributed by atoms with Gasteiger partial charge in [-0.2, -0.15) is 0 Å². The SMILES string of the molecule is C=C/C=C(\C=C/C)N(C(=O)c1cccc(C(=O)N(/C=C/C=C\C=C/C)C/C=C\C=C/C(C)C)c1)c1ccccc1. The number of hydrogen-bond donors (Lipinski definition) is 0. The van der Waals surface area contributed by atoms with Gasteiger partial charge in [0.25, 0.3) is 11.8 Å². The molecular weight excluding hydrogens is 492 g/mol. The molecule has 2 amide bonds. The number of carbonyl (C=O) groups is 2. The minimum absolute atomic E-state index is 0.204. The van der Waals surface area contributed by atoms with Gasteiger partial charge in [-0.25, -0.2) is 0 Å². The summed E-state index contributed by atoms with van der Waals surface area (Å²) in [6.07, 6.45) is 26.3. The number of benzene rings is 2. The van der Waals surface area contributed by atoms with Crippen LogP contribution in [0, 0.1) is 5.92 Å². The summed E-state index contributed by atoms with van der Waals surface area (Å²) in [5.41, 5.74) is 2.21. The highest BCUT2D eigenvalue weighted by Gasteiger charge is 2.22. The Labute approximate surface area is 240 Å². The van der Waals surface area contributed by atoms with E-state index in [1.165, 1.54) is 0 Å². The third-order valence-corrected chi connectivity index (χ3v) is 5.56. The van der Waals surface area contributed by atoms with Crippen LogP contribution in [0.3, 0.4) is 0 Å². The van der Waals surface area contributed by atoms with Crippen LogP contribution in [0.25, 0.3) is 0 Å². The van der Waals surface area contributed by atoms with E-state index in [1.807, 2.05) is 105 Å². The second-order valence-corrected chi connectivity index (χ2v) is 9.15. The Bertz CT molecular complexity index is 1320. The number of hydrogen-bond acceptors (Lipinski definition) is 2. The van der Waals surface area contributed by atoms with Gasteiger partial charge in [-0.05, 0) is 68.3 Å². The lowest BCUT2D eigenvalue weighted by atomic mass is 10.1. The quantitative estimate of drug-likeness (QED) is 0.242. The Hall–Kier alpha value is -4.70. The van der Waals surface area contributed by atoms with Crippen molar-refractivity contribution < 1.29 is 9.59 Å². The van der Waals surface area contributed by atoms with Gasteiger partial charge >= 0.3 is 0 Å². The van der Waals surface area contributed by atoms with Crippen molar-refractivity contribution in [1.29, 1.82) is 0 Å². The average Bonchev–Trinajstić information content (AvgIpc) is 2.96. The van der Waals surface area contributed by atoms with Crippen molar-refractivity contribution in [2.24, 2.45) is 5.92 Å². The molecule has 0 aliphatic heterocycles. The number of carbonyl (C=O) groups excluding carboxylic acids is 2. The van der Waals surface area contributed by atoms with E-state index in [2.05, 4.69) is 26.5 Å². The summed E-state index contributed by atoms with van der Waals surface area (Å²) in [6.45, 7) is 12.3. The molecule has 2 aromatic rings. The van der Waals surface area contributed by atoms with Crippen molar-refractivity contribution in [3.63, 3.8) is 0 Å². The van der Waals surface area contributed by atoms with Gasteiger partial charge in [-0.15, -0.1) is 0 Å². The number of rotatable bonds is 13. The van der Waals surface area contributed by atoms with Crippen LogP contribution >= 0.6 is 0 Å². The minimum atomic E-state index is -0.248. The lowest BCUT2D eigenvalue weighted by Crippen LogP contribution is -2.30. The summed E-state index contributed by atoms with van der Waals surface area (Å²) in [5, 5.41) is 0. The number of nitrogens with zero attached hydrogens (tertiary/aromatic N) is 2. The molecule has 0 saturated heterocycles. The maximum atomic E-state index is 13.9. The van der Waals surface area contributed by atoms with Gasteiger partial charge in [0.05, 0.1) is 0 Å². The molecule has 0 atom stereocenters. The lowest BCUT2D eigenvalue weighted by molar-refractivity contribution is 0.0835. The molecule has 0 spiro atoms. The largest absolute Gasteiger partial charge is 0.311 e. The van der Waals surface area contributed by atoms with Gasteiger partial charge in [0, 0.05) is 35.3 Å². The molecule has 0 aliphatic carbocycles. The number of allylic oxidation sites excluding steroid dienone is 12. The first-order valence-corrected chi connectivity index (χ1v) is 13.5. The predicted molar refractivity (Wildman–Crippen MR) is 170 cm³/mol. The van der Waals surface area contributed by atoms with Gasteiger partial charge in [-0.1, -0.05) is 105 Å². The molecule has 0 radical (unpaired) electrons. The maximum Gasteiger partial charge on any atom is 0.262 e. The van der Waals surface area contributed by atoms with Crippen LogP contribution in [0.4, 0.5) is 5.69 Å². The number of amides is 2. The topological polar surface area (TPSA) is 40.6 Å². The molecule has 0 bridgehead atoms. The zero-order valence-corrected chi connectivity index (χ0v) is 24.0. The van der Waals surface area contributed by atoms with Crippen LogP contribution in [0.5, 0.6) is 0 Å². The Morgan fingerprint density at radius 2 is 1.52 bits per heavy atom. The monoisotopic (exact) mass is 532 g/mol. The third kappa shape index (κ3) is 10.2. The van der Waals surface area contributed by atoms with Gasteiger partial charge in [0.15, 0.2) is 0 Å². The lowest BCUT2D eigenvalue weighted by Gasteiger charge is -2.24. The molecule has 4 heteroatoms. The van der Waals surface area contributed by atoms with Crippen LogP contribution in [0.2, 0.25) is 0 Å². The summed E-state index contributed by atoms with van der Waals surface area (Å²) in [5.74, 6) is -0.00374. The van der Waals surface area contributed by atoms with Gasteiger partial charge in [0.1, 0.15) is 0 Å². The van der Waals surface area contributed by atoms with Crippen LogP contribution in [-0.4, -0.2) is 23.3 Å². The highest BCUT2D eigenvalue weighted by molar-refractivity contribution is 6.10. The summed E-state index contributed by atoms with van der Waals surface area (Å²) in [4.78, 5) is 30.8. The van der Waals surface area contributed by atoms with Crippen molar-refractivity contribution in [1.82, 2.24) is 4.90 Å². The molecule has 0 aliphatic rings. The van der Waals surface area contributed by atoms with E-state index in [0.717, 1.165) is 0 Å². The highest BCUT2D eigenvalue weighted by Crippen LogP contribution is 2.24.